The maximum absolute atomic E-state index is 10.3. The van der Waals surface area contributed by atoms with E-state index in [2.05, 4.69) is 13.8 Å². The molecule has 0 N–H and O–H groups in total. The van der Waals surface area contributed by atoms with Gasteiger partial charge in [-0.3, -0.25) is 4.79 Å². The van der Waals surface area contributed by atoms with Crippen LogP contribution in [0.2, 0.25) is 0 Å². The molecule has 0 fully saturated rings. The molecular weight excluding hydrogens is 212 g/mol. The van der Waals surface area contributed by atoms with Gasteiger partial charge < -0.3 is 4.74 Å². The number of ether oxygens (including phenoxy) is 1. The summed E-state index contributed by atoms with van der Waals surface area (Å²) in [6.07, 6.45) is 0.0440. The summed E-state index contributed by atoms with van der Waals surface area (Å²) < 4.78 is 4.87. The minimum Gasteiger partial charge on any atom is -0.463 e. The van der Waals surface area contributed by atoms with Gasteiger partial charge in [0.1, 0.15) is 6.10 Å². The van der Waals surface area contributed by atoms with Crippen LogP contribution in [0, 0.1) is 11.8 Å². The molecule has 0 saturated heterocycles. The Morgan fingerprint density at radius 2 is 1.33 bits per heavy atom. The normalized spacial score (nSPS) is 14.3. The number of esters is 1. The number of hydrogen-bond donors (Lipinski definition) is 0. The van der Waals surface area contributed by atoms with Crippen LogP contribution in [0.5, 0.6) is 0 Å². The molecule has 0 amide bonds. The van der Waals surface area contributed by atoms with Crippen LogP contribution < -0.4 is 0 Å². The van der Waals surface area contributed by atoms with Gasteiger partial charge in [0, 0.05) is 12.3 Å². The first-order valence-electron chi connectivity index (χ1n) is 5.49. The first kappa shape index (κ1) is 17.2. The van der Waals surface area contributed by atoms with Crippen LogP contribution in [0.25, 0.3) is 0 Å². The molecule has 0 saturated carbocycles. The fourth-order valence-electron chi connectivity index (χ4n) is 0.398. The van der Waals surface area contributed by atoms with Gasteiger partial charge in [-0.1, -0.05) is 27.7 Å². The van der Waals surface area contributed by atoms with Gasteiger partial charge >= 0.3 is 5.97 Å². The molecule has 3 heteroatoms. The van der Waals surface area contributed by atoms with Gasteiger partial charge in [-0.15, -0.1) is 11.6 Å². The van der Waals surface area contributed by atoms with Crippen molar-refractivity contribution in [1.82, 2.24) is 0 Å². The lowest BCUT2D eigenvalue weighted by Gasteiger charge is -2.14. The van der Waals surface area contributed by atoms with E-state index in [1.54, 1.807) is 0 Å². The fourth-order valence-corrected chi connectivity index (χ4v) is 0.398. The van der Waals surface area contributed by atoms with E-state index in [0.717, 1.165) is 0 Å². The van der Waals surface area contributed by atoms with Gasteiger partial charge in [-0.2, -0.15) is 0 Å². The Balaban J connectivity index is 0. The van der Waals surface area contributed by atoms with Crippen molar-refractivity contribution in [2.45, 2.75) is 59.9 Å². The van der Waals surface area contributed by atoms with E-state index in [1.165, 1.54) is 6.92 Å². The van der Waals surface area contributed by atoms with Gasteiger partial charge in [0.15, 0.2) is 0 Å². The third-order valence-corrected chi connectivity index (χ3v) is 2.71. The molecule has 0 aliphatic heterocycles. The summed E-state index contributed by atoms with van der Waals surface area (Å²) in [5.41, 5.74) is 0. The van der Waals surface area contributed by atoms with Gasteiger partial charge in [0.25, 0.3) is 0 Å². The van der Waals surface area contributed by atoms with E-state index >= 15 is 0 Å². The van der Waals surface area contributed by atoms with Crippen molar-refractivity contribution < 1.29 is 9.53 Å². The lowest BCUT2D eigenvalue weighted by molar-refractivity contribution is -0.147. The zero-order valence-electron chi connectivity index (χ0n) is 11.0. The Morgan fingerprint density at radius 3 is 1.40 bits per heavy atom. The summed E-state index contributed by atoms with van der Waals surface area (Å²) in [5, 5.41) is 0.324. The second kappa shape index (κ2) is 9.02. The highest BCUT2D eigenvalue weighted by atomic mass is 35.5. The summed E-state index contributed by atoms with van der Waals surface area (Å²) in [4.78, 5) is 10.3. The van der Waals surface area contributed by atoms with Crippen molar-refractivity contribution >= 4 is 17.6 Å². The molecule has 0 radical (unpaired) electrons. The van der Waals surface area contributed by atoms with Crippen LogP contribution in [0.3, 0.4) is 0 Å². The first-order chi connectivity index (χ1) is 6.68. The monoisotopic (exact) mass is 236 g/mol. The largest absolute Gasteiger partial charge is 0.463 e. The van der Waals surface area contributed by atoms with E-state index in [4.69, 9.17) is 16.3 Å². The summed E-state index contributed by atoms with van der Waals surface area (Å²) in [7, 11) is 0. The highest BCUT2D eigenvalue weighted by Gasteiger charge is 2.08. The molecular formula is C12H25ClO2. The number of carbonyl (C=O) groups is 1. The smallest absolute Gasteiger partial charge is 0.302 e. The zero-order valence-corrected chi connectivity index (χ0v) is 11.8. The SMILES string of the molecule is CC(=O)OC(C)C(C)C.CC(C)C(C)Cl. The van der Waals surface area contributed by atoms with Crippen LogP contribution in [-0.2, 0) is 9.53 Å². The first-order valence-corrected chi connectivity index (χ1v) is 5.93. The number of alkyl halides is 1. The molecule has 2 nitrogen and oxygen atoms in total. The molecule has 0 heterocycles. The highest BCUT2D eigenvalue weighted by molar-refractivity contribution is 6.20. The molecule has 2 unspecified atom stereocenters. The Hall–Kier alpha value is -0.240. The standard InChI is InChI=1S/C7H14O2.C5H11Cl/c1-5(2)6(3)9-7(4)8;1-4(2)5(3)6/h5-6H,1-4H3;4-5H,1-3H3. The van der Waals surface area contributed by atoms with Crippen molar-refractivity contribution in [1.29, 1.82) is 0 Å². The highest BCUT2D eigenvalue weighted by Crippen LogP contribution is 2.06. The third kappa shape index (κ3) is 13.8. The molecule has 15 heavy (non-hydrogen) atoms. The summed E-state index contributed by atoms with van der Waals surface area (Å²) in [5.74, 6) is 0.830. The van der Waals surface area contributed by atoms with Crippen LogP contribution in [0.15, 0.2) is 0 Å². The van der Waals surface area contributed by atoms with E-state index in [9.17, 15) is 4.79 Å². The molecule has 0 spiro atoms. The molecule has 0 aromatic carbocycles. The fraction of sp³-hybridized carbons (Fsp3) is 0.917. The third-order valence-electron chi connectivity index (χ3n) is 2.21. The van der Waals surface area contributed by atoms with Crippen LogP contribution in [0.1, 0.15) is 48.5 Å². The molecule has 0 rings (SSSR count). The maximum atomic E-state index is 10.3. The predicted octanol–water partition coefficient (Wildman–Crippen LogP) is 3.86. The van der Waals surface area contributed by atoms with Crippen molar-refractivity contribution in [3.8, 4) is 0 Å². The molecule has 0 aliphatic carbocycles. The minimum absolute atomic E-state index is 0.0440. The molecule has 0 aliphatic rings. The second-order valence-corrected chi connectivity index (χ2v) is 5.17. The van der Waals surface area contributed by atoms with Crippen molar-refractivity contribution in [3.63, 3.8) is 0 Å². The quantitative estimate of drug-likeness (QED) is 0.549. The van der Waals surface area contributed by atoms with E-state index < -0.39 is 0 Å². The van der Waals surface area contributed by atoms with Crippen LogP contribution in [0.4, 0.5) is 0 Å². The average Bonchev–Trinajstić information content (AvgIpc) is 2.03. The molecule has 2 atom stereocenters. The summed E-state index contributed by atoms with van der Waals surface area (Å²) in [6, 6.07) is 0. The number of rotatable bonds is 3. The lowest BCUT2D eigenvalue weighted by atomic mass is 10.1. The second-order valence-electron chi connectivity index (χ2n) is 4.48. The topological polar surface area (TPSA) is 26.3 Å². The lowest BCUT2D eigenvalue weighted by Crippen LogP contribution is -2.17. The number of halogens is 1. The van der Waals surface area contributed by atoms with Crippen molar-refractivity contribution in [2.24, 2.45) is 11.8 Å². The van der Waals surface area contributed by atoms with Gasteiger partial charge in [0.05, 0.1) is 0 Å². The van der Waals surface area contributed by atoms with Gasteiger partial charge in [-0.25, -0.2) is 0 Å². The van der Waals surface area contributed by atoms with Crippen LogP contribution in [-0.4, -0.2) is 17.5 Å². The Bertz CT molecular complexity index is 159. The van der Waals surface area contributed by atoms with Crippen molar-refractivity contribution in [3.05, 3.63) is 0 Å². The van der Waals surface area contributed by atoms with E-state index in [0.29, 0.717) is 17.2 Å². The number of hydrogen-bond acceptors (Lipinski definition) is 2. The zero-order chi connectivity index (χ0) is 12.6. The average molecular weight is 237 g/mol. The molecule has 0 aromatic rings. The number of carbonyl (C=O) groups excluding carboxylic acids is 1. The summed E-state index contributed by atoms with van der Waals surface area (Å²) in [6.45, 7) is 13.6. The predicted molar refractivity (Wildman–Crippen MR) is 66.2 cm³/mol. The van der Waals surface area contributed by atoms with E-state index in [-0.39, 0.29) is 12.1 Å². The molecule has 92 valence electrons. The van der Waals surface area contributed by atoms with E-state index in [1.807, 2.05) is 27.7 Å². The van der Waals surface area contributed by atoms with Crippen molar-refractivity contribution in [2.75, 3.05) is 0 Å². The summed E-state index contributed by atoms with van der Waals surface area (Å²) >= 11 is 5.61. The minimum atomic E-state index is -0.198. The Morgan fingerprint density at radius 1 is 1.00 bits per heavy atom. The van der Waals surface area contributed by atoms with Gasteiger partial charge in [0.2, 0.25) is 0 Å². The maximum Gasteiger partial charge on any atom is 0.302 e. The van der Waals surface area contributed by atoms with Gasteiger partial charge in [-0.05, 0) is 25.7 Å². The Labute approximate surface area is 99.3 Å². The molecule has 0 bridgehead atoms. The molecule has 0 aromatic heterocycles. The Kier molecular flexibility index (Phi) is 10.3. The van der Waals surface area contributed by atoms with Crippen LogP contribution >= 0.6 is 11.6 Å².